The van der Waals surface area contributed by atoms with E-state index in [1.165, 1.54) is 99.8 Å². The lowest BCUT2D eigenvalue weighted by Gasteiger charge is -2.31. The number of aromatic nitrogens is 2. The summed E-state index contributed by atoms with van der Waals surface area (Å²) in [5.74, 6) is 0. The Labute approximate surface area is 310 Å². The van der Waals surface area contributed by atoms with Gasteiger partial charge in [-0.25, -0.2) is 0 Å². The van der Waals surface area contributed by atoms with E-state index in [0.29, 0.717) is 0 Å². The van der Waals surface area contributed by atoms with Crippen LogP contribution < -0.4 is 16.4 Å². The number of hydrogen-bond acceptors (Lipinski definition) is 2. The Kier molecular flexibility index (Phi) is 9.55. The van der Waals surface area contributed by atoms with Gasteiger partial charge in [0.25, 0.3) is 0 Å². The fraction of sp³-hybridized carbons (Fsp3) is 0.184. The molecule has 0 fully saturated rings. The zero-order valence-corrected chi connectivity index (χ0v) is 32.0. The maximum Gasteiger partial charge on any atom is 0.243 e. The Morgan fingerprint density at radius 1 is 0.385 bits per heavy atom. The minimum Gasteiger partial charge on any atom is -0.264 e. The zero-order valence-electron chi connectivity index (χ0n) is 32.0. The molecule has 0 radical (unpaired) electrons. The van der Waals surface area contributed by atoms with Gasteiger partial charge in [-0.05, 0) is 125 Å². The molecular weight excluding hydrogens is 627 g/mol. The van der Waals surface area contributed by atoms with Gasteiger partial charge >= 0.3 is 0 Å². The molecule has 52 heavy (non-hydrogen) atoms. The molecule has 2 nitrogen and oxygen atoms in total. The summed E-state index contributed by atoms with van der Waals surface area (Å²) in [6.45, 7) is 20.7. The molecule has 0 aliphatic heterocycles. The third-order valence-corrected chi connectivity index (χ3v) is 11.0. The molecule has 2 aromatic heterocycles. The Morgan fingerprint density at radius 3 is 1.10 bits per heavy atom. The Balaban J connectivity index is 1.68. The predicted octanol–water partition coefficient (Wildman–Crippen LogP) is 10.4. The first-order valence-electron chi connectivity index (χ1n) is 18.4. The largest absolute Gasteiger partial charge is 0.264 e. The monoisotopic (exact) mass is 674 g/mol. The van der Waals surface area contributed by atoms with Gasteiger partial charge in [-0.1, -0.05) is 135 Å². The van der Waals surface area contributed by atoms with Gasteiger partial charge in [-0.3, -0.25) is 9.97 Å². The van der Waals surface area contributed by atoms with E-state index in [-0.39, 0.29) is 6.71 Å². The second kappa shape index (κ2) is 14.2. The molecule has 0 amide bonds. The van der Waals surface area contributed by atoms with Crippen molar-refractivity contribution in [2.75, 3.05) is 0 Å². The molecule has 0 saturated carbocycles. The van der Waals surface area contributed by atoms with E-state index in [2.05, 4.69) is 157 Å². The highest BCUT2D eigenvalue weighted by Gasteiger charge is 2.34. The molecule has 0 N–H and O–H groups in total. The fourth-order valence-electron chi connectivity index (χ4n) is 9.16. The summed E-state index contributed by atoms with van der Waals surface area (Å²) in [5.41, 5.74) is 25.6. The average molecular weight is 675 g/mol. The van der Waals surface area contributed by atoms with Gasteiger partial charge in [-0.2, -0.15) is 0 Å². The quantitative estimate of drug-likeness (QED) is 0.157. The molecule has 0 aliphatic rings. The molecule has 0 saturated heterocycles. The SMILES string of the molecule is Cc1cc(C)c(B(c2c(C)cc(C)cc2C)c2c(C)c(-c3ccccc3-c3cccnc3)c(C)c(-c3ccccc3-c3cccnc3)c2C)c(C)c1. The Morgan fingerprint density at radius 2 is 0.750 bits per heavy atom. The third kappa shape index (κ3) is 6.19. The predicted molar refractivity (Wildman–Crippen MR) is 224 cm³/mol. The topological polar surface area (TPSA) is 25.8 Å². The fourth-order valence-corrected chi connectivity index (χ4v) is 9.16. The van der Waals surface area contributed by atoms with E-state index in [1.807, 2.05) is 36.9 Å². The van der Waals surface area contributed by atoms with Crippen LogP contribution in [0.15, 0.2) is 122 Å². The second-order valence-electron chi connectivity index (χ2n) is 14.7. The maximum absolute atomic E-state index is 4.54. The van der Waals surface area contributed by atoms with Crippen LogP contribution >= 0.6 is 0 Å². The first-order valence-corrected chi connectivity index (χ1v) is 18.4. The molecule has 7 rings (SSSR count). The van der Waals surface area contributed by atoms with E-state index >= 15 is 0 Å². The van der Waals surface area contributed by atoms with Crippen molar-refractivity contribution in [3.05, 3.63) is 172 Å². The molecule has 0 atom stereocenters. The number of nitrogens with zero attached hydrogens (tertiary/aromatic N) is 2. The van der Waals surface area contributed by atoms with Crippen molar-refractivity contribution in [3.63, 3.8) is 0 Å². The van der Waals surface area contributed by atoms with Gasteiger partial charge in [0.2, 0.25) is 6.71 Å². The molecule has 0 bridgehead atoms. The van der Waals surface area contributed by atoms with Crippen LogP contribution in [0.1, 0.15) is 50.1 Å². The number of hydrogen-bond donors (Lipinski definition) is 0. The number of pyridine rings is 2. The molecule has 2 heterocycles. The summed E-state index contributed by atoms with van der Waals surface area (Å²) in [6.07, 6.45) is 7.67. The van der Waals surface area contributed by atoms with Crippen molar-refractivity contribution >= 4 is 23.1 Å². The van der Waals surface area contributed by atoms with Gasteiger partial charge in [0.1, 0.15) is 0 Å². The van der Waals surface area contributed by atoms with Gasteiger partial charge in [0, 0.05) is 35.9 Å². The summed E-state index contributed by atoms with van der Waals surface area (Å²) in [5, 5.41) is 0. The third-order valence-electron chi connectivity index (χ3n) is 11.0. The van der Waals surface area contributed by atoms with Gasteiger partial charge in [0.15, 0.2) is 0 Å². The first-order chi connectivity index (χ1) is 25.1. The molecule has 3 heteroatoms. The lowest BCUT2D eigenvalue weighted by atomic mass is 9.32. The average Bonchev–Trinajstić information content (AvgIpc) is 3.12. The van der Waals surface area contributed by atoms with E-state index < -0.39 is 0 Å². The summed E-state index contributed by atoms with van der Waals surface area (Å²) in [6, 6.07) is 35.6. The van der Waals surface area contributed by atoms with Gasteiger partial charge in [-0.15, -0.1) is 0 Å². The van der Waals surface area contributed by atoms with Crippen LogP contribution in [-0.2, 0) is 0 Å². The van der Waals surface area contributed by atoms with Crippen molar-refractivity contribution in [3.8, 4) is 44.5 Å². The van der Waals surface area contributed by atoms with Crippen molar-refractivity contribution in [1.82, 2.24) is 9.97 Å². The van der Waals surface area contributed by atoms with E-state index in [0.717, 1.165) is 11.1 Å². The van der Waals surface area contributed by atoms with Crippen LogP contribution in [0, 0.1) is 62.3 Å². The maximum atomic E-state index is 4.54. The number of rotatable bonds is 7. The standard InChI is InChI=1S/C49H47BN2/c1-30-24-32(3)47(33(4)25-30)50(48-34(5)26-31(2)27-35(48)6)49-37(8)45(43-20-12-10-18-41(43)39-16-14-22-51-28-39)36(7)46(38(49)9)44-21-13-11-19-42(44)40-17-15-23-52-29-40/h10-29H,1-9H3. The van der Waals surface area contributed by atoms with Crippen LogP contribution in [0.25, 0.3) is 44.5 Å². The van der Waals surface area contributed by atoms with Crippen molar-refractivity contribution in [2.24, 2.45) is 0 Å². The normalized spacial score (nSPS) is 11.2. The van der Waals surface area contributed by atoms with Gasteiger partial charge < -0.3 is 0 Å². The van der Waals surface area contributed by atoms with Crippen LogP contribution in [-0.4, -0.2) is 16.7 Å². The van der Waals surface area contributed by atoms with E-state index in [9.17, 15) is 0 Å². The number of aryl methyl sites for hydroxylation is 6. The van der Waals surface area contributed by atoms with Crippen molar-refractivity contribution < 1.29 is 0 Å². The van der Waals surface area contributed by atoms with Gasteiger partial charge in [0.05, 0.1) is 0 Å². The summed E-state index contributed by atoms with van der Waals surface area (Å²) in [4.78, 5) is 9.07. The van der Waals surface area contributed by atoms with E-state index in [1.54, 1.807) is 0 Å². The second-order valence-corrected chi connectivity index (χ2v) is 14.7. The van der Waals surface area contributed by atoms with Crippen molar-refractivity contribution in [2.45, 2.75) is 62.3 Å². The molecule has 0 unspecified atom stereocenters. The molecule has 0 spiro atoms. The Bertz CT molecular complexity index is 2230. The summed E-state index contributed by atoms with van der Waals surface area (Å²) < 4.78 is 0. The molecule has 0 aliphatic carbocycles. The lowest BCUT2D eigenvalue weighted by Crippen LogP contribution is -2.57. The highest BCUT2D eigenvalue weighted by Crippen LogP contribution is 2.43. The minimum atomic E-state index is 0.0235. The minimum absolute atomic E-state index is 0.0235. The first kappa shape index (κ1) is 34.9. The smallest absolute Gasteiger partial charge is 0.243 e. The van der Waals surface area contributed by atoms with Crippen molar-refractivity contribution in [1.29, 1.82) is 0 Å². The molecule has 5 aromatic carbocycles. The highest BCUT2D eigenvalue weighted by molar-refractivity contribution is 6.97. The summed E-state index contributed by atoms with van der Waals surface area (Å²) in [7, 11) is 0. The van der Waals surface area contributed by atoms with E-state index in [4.69, 9.17) is 0 Å². The van der Waals surface area contributed by atoms with Crippen LogP contribution in [0.3, 0.4) is 0 Å². The van der Waals surface area contributed by atoms with Crippen LogP contribution in [0.2, 0.25) is 0 Å². The number of benzene rings is 5. The Hall–Kier alpha value is -5.54. The molecule has 7 aromatic rings. The van der Waals surface area contributed by atoms with Crippen LogP contribution in [0.5, 0.6) is 0 Å². The molecule has 256 valence electrons. The highest BCUT2D eigenvalue weighted by atomic mass is 14.6. The molecular formula is C49H47BN2. The lowest BCUT2D eigenvalue weighted by molar-refractivity contribution is 1.31. The van der Waals surface area contributed by atoms with Crippen LogP contribution in [0.4, 0.5) is 0 Å². The summed E-state index contributed by atoms with van der Waals surface area (Å²) >= 11 is 0. The zero-order chi connectivity index (χ0) is 36.7.